The highest BCUT2D eigenvalue weighted by Gasteiger charge is 2.37. The van der Waals surface area contributed by atoms with Gasteiger partial charge in [-0.3, -0.25) is 0 Å². The standard InChI is InChI=1S/C19H15FN2O/c20-12-5-3-11(4-6-12)17-14-2-1-9-21-19(14)22-15-10-13-7-8-16(23-13)18(15)17/h1-6,9,13,16H,7-8,10H2. The van der Waals surface area contributed by atoms with Crippen molar-refractivity contribution in [1.82, 2.24) is 9.97 Å². The molecule has 5 rings (SSSR count). The van der Waals surface area contributed by atoms with Crippen molar-refractivity contribution in [2.24, 2.45) is 0 Å². The molecule has 2 aromatic heterocycles. The summed E-state index contributed by atoms with van der Waals surface area (Å²) in [6, 6.07) is 10.6. The van der Waals surface area contributed by atoms with Gasteiger partial charge in [-0.2, -0.15) is 0 Å². The molecule has 3 nitrogen and oxygen atoms in total. The van der Waals surface area contributed by atoms with E-state index in [2.05, 4.69) is 4.98 Å². The van der Waals surface area contributed by atoms with Crippen molar-refractivity contribution < 1.29 is 9.13 Å². The van der Waals surface area contributed by atoms with Crippen molar-refractivity contribution in [2.45, 2.75) is 31.5 Å². The molecule has 2 bridgehead atoms. The van der Waals surface area contributed by atoms with Gasteiger partial charge in [-0.25, -0.2) is 14.4 Å². The van der Waals surface area contributed by atoms with Crippen molar-refractivity contribution in [3.63, 3.8) is 0 Å². The third-order valence-electron chi connectivity index (χ3n) is 4.86. The summed E-state index contributed by atoms with van der Waals surface area (Å²) in [5.41, 5.74) is 5.12. The average Bonchev–Trinajstić information content (AvgIpc) is 2.96. The Hall–Kier alpha value is -2.33. The number of ether oxygens (including phenoxy) is 1. The monoisotopic (exact) mass is 306 g/mol. The zero-order valence-corrected chi connectivity index (χ0v) is 12.5. The van der Waals surface area contributed by atoms with Crippen LogP contribution in [0.1, 0.15) is 30.2 Å². The highest BCUT2D eigenvalue weighted by atomic mass is 19.1. The Bertz CT molecular complexity index is 907. The smallest absolute Gasteiger partial charge is 0.160 e. The zero-order valence-electron chi connectivity index (χ0n) is 12.5. The Morgan fingerprint density at radius 1 is 1.09 bits per heavy atom. The fraction of sp³-hybridized carbons (Fsp3) is 0.263. The highest BCUT2D eigenvalue weighted by Crippen LogP contribution is 2.46. The van der Waals surface area contributed by atoms with Gasteiger partial charge in [0, 0.05) is 29.1 Å². The molecule has 4 heterocycles. The van der Waals surface area contributed by atoms with E-state index in [4.69, 9.17) is 9.72 Å². The molecule has 0 radical (unpaired) electrons. The summed E-state index contributed by atoms with van der Waals surface area (Å²) in [6.07, 6.45) is 5.09. The second kappa shape index (κ2) is 4.83. The minimum absolute atomic E-state index is 0.0981. The number of nitrogens with zero attached hydrogens (tertiary/aromatic N) is 2. The first-order valence-corrected chi connectivity index (χ1v) is 7.98. The zero-order chi connectivity index (χ0) is 15.4. The van der Waals surface area contributed by atoms with Gasteiger partial charge in [0.1, 0.15) is 5.82 Å². The van der Waals surface area contributed by atoms with Crippen LogP contribution >= 0.6 is 0 Å². The van der Waals surface area contributed by atoms with Crippen molar-refractivity contribution in [2.75, 3.05) is 0 Å². The molecule has 1 saturated heterocycles. The van der Waals surface area contributed by atoms with Gasteiger partial charge in [0.15, 0.2) is 5.65 Å². The predicted octanol–water partition coefficient (Wildman–Crippen LogP) is 4.21. The average molecular weight is 306 g/mol. The molecule has 0 N–H and O–H groups in total. The summed E-state index contributed by atoms with van der Waals surface area (Å²) < 4.78 is 19.5. The van der Waals surface area contributed by atoms with Crippen molar-refractivity contribution in [1.29, 1.82) is 0 Å². The molecule has 0 saturated carbocycles. The minimum Gasteiger partial charge on any atom is -0.370 e. The van der Waals surface area contributed by atoms with Crippen molar-refractivity contribution in [3.8, 4) is 11.1 Å². The Balaban J connectivity index is 1.86. The van der Waals surface area contributed by atoms with E-state index < -0.39 is 0 Å². The van der Waals surface area contributed by atoms with Gasteiger partial charge in [-0.05, 0) is 42.7 Å². The van der Waals surface area contributed by atoms with E-state index in [1.165, 1.54) is 17.7 Å². The molecule has 0 aliphatic carbocycles. The third kappa shape index (κ3) is 1.98. The SMILES string of the molecule is Fc1ccc(-c2c3c(nc4ncccc24)CC2CCC3O2)cc1. The number of hydrogen-bond donors (Lipinski definition) is 0. The fourth-order valence-corrected chi connectivity index (χ4v) is 3.87. The maximum atomic E-state index is 13.4. The topological polar surface area (TPSA) is 35.0 Å². The van der Waals surface area contributed by atoms with Gasteiger partial charge >= 0.3 is 0 Å². The number of hydrogen-bond acceptors (Lipinski definition) is 3. The second-order valence-corrected chi connectivity index (χ2v) is 6.26. The molecule has 2 atom stereocenters. The summed E-state index contributed by atoms with van der Waals surface area (Å²) in [6.45, 7) is 0. The third-order valence-corrected chi connectivity index (χ3v) is 4.86. The van der Waals surface area contributed by atoms with Crippen LogP contribution in [0.25, 0.3) is 22.2 Å². The van der Waals surface area contributed by atoms with E-state index in [0.717, 1.165) is 47.1 Å². The van der Waals surface area contributed by atoms with Crippen LogP contribution in [0.15, 0.2) is 42.6 Å². The molecule has 1 fully saturated rings. The Labute approximate surface area is 133 Å². The second-order valence-electron chi connectivity index (χ2n) is 6.26. The van der Waals surface area contributed by atoms with Gasteiger partial charge in [0.2, 0.25) is 0 Å². The van der Waals surface area contributed by atoms with E-state index in [1.54, 1.807) is 6.20 Å². The number of fused-ring (bicyclic) bond motifs is 5. The van der Waals surface area contributed by atoms with Crippen LogP contribution in [0.5, 0.6) is 0 Å². The van der Waals surface area contributed by atoms with Crippen LogP contribution in [0.3, 0.4) is 0 Å². The minimum atomic E-state index is -0.226. The number of pyridine rings is 2. The molecule has 3 aromatic rings. The first kappa shape index (κ1) is 13.1. The Morgan fingerprint density at radius 2 is 1.96 bits per heavy atom. The number of aromatic nitrogens is 2. The molecule has 23 heavy (non-hydrogen) atoms. The van der Waals surface area contributed by atoms with E-state index in [0.29, 0.717) is 0 Å². The summed E-state index contributed by atoms with van der Waals surface area (Å²) in [5.74, 6) is -0.226. The largest absolute Gasteiger partial charge is 0.370 e. The normalized spacial score (nSPS) is 22.3. The lowest BCUT2D eigenvalue weighted by Crippen LogP contribution is -2.20. The van der Waals surface area contributed by atoms with Crippen molar-refractivity contribution in [3.05, 3.63) is 59.7 Å². The fourth-order valence-electron chi connectivity index (χ4n) is 3.87. The van der Waals surface area contributed by atoms with Gasteiger partial charge < -0.3 is 4.74 Å². The first-order chi connectivity index (χ1) is 11.3. The summed E-state index contributed by atoms with van der Waals surface area (Å²) in [5, 5.41) is 1.01. The van der Waals surface area contributed by atoms with E-state index >= 15 is 0 Å². The van der Waals surface area contributed by atoms with Crippen molar-refractivity contribution >= 4 is 11.0 Å². The lowest BCUT2D eigenvalue weighted by molar-refractivity contribution is 0.0316. The lowest BCUT2D eigenvalue weighted by Gasteiger charge is -2.26. The summed E-state index contributed by atoms with van der Waals surface area (Å²) in [7, 11) is 0. The molecule has 114 valence electrons. The van der Waals surface area contributed by atoms with E-state index in [1.807, 2.05) is 24.3 Å². The van der Waals surface area contributed by atoms with Gasteiger partial charge in [0.25, 0.3) is 0 Å². The van der Waals surface area contributed by atoms with E-state index in [9.17, 15) is 4.39 Å². The molecule has 0 amide bonds. The van der Waals surface area contributed by atoms with Crippen LogP contribution in [-0.2, 0) is 11.2 Å². The molecular formula is C19H15FN2O. The molecule has 2 aliphatic heterocycles. The number of halogens is 1. The molecule has 2 aliphatic rings. The van der Waals surface area contributed by atoms with E-state index in [-0.39, 0.29) is 18.0 Å². The maximum Gasteiger partial charge on any atom is 0.160 e. The molecule has 4 heteroatoms. The van der Waals surface area contributed by atoms with Crippen LogP contribution in [0.4, 0.5) is 4.39 Å². The van der Waals surface area contributed by atoms with Gasteiger partial charge in [0.05, 0.1) is 17.9 Å². The van der Waals surface area contributed by atoms with Crippen LogP contribution in [-0.4, -0.2) is 16.1 Å². The van der Waals surface area contributed by atoms with Gasteiger partial charge in [-0.1, -0.05) is 12.1 Å². The molecule has 0 spiro atoms. The first-order valence-electron chi connectivity index (χ1n) is 7.98. The quantitative estimate of drug-likeness (QED) is 0.675. The lowest BCUT2D eigenvalue weighted by atomic mass is 9.90. The maximum absolute atomic E-state index is 13.4. The molecule has 2 unspecified atom stereocenters. The predicted molar refractivity (Wildman–Crippen MR) is 85.5 cm³/mol. The Morgan fingerprint density at radius 3 is 2.83 bits per heavy atom. The summed E-state index contributed by atoms with van der Waals surface area (Å²) >= 11 is 0. The van der Waals surface area contributed by atoms with Crippen LogP contribution in [0.2, 0.25) is 0 Å². The Kier molecular flexibility index (Phi) is 2.76. The number of benzene rings is 1. The molecule has 1 aromatic carbocycles. The molecular weight excluding hydrogens is 291 g/mol. The van der Waals surface area contributed by atoms with Crippen LogP contribution in [0, 0.1) is 5.82 Å². The summed E-state index contributed by atoms with van der Waals surface area (Å²) in [4.78, 5) is 9.23. The van der Waals surface area contributed by atoms with Gasteiger partial charge in [-0.15, -0.1) is 0 Å². The number of rotatable bonds is 1. The van der Waals surface area contributed by atoms with Crippen LogP contribution < -0.4 is 0 Å². The highest BCUT2D eigenvalue weighted by molar-refractivity contribution is 5.95.